The second-order valence-electron chi connectivity index (χ2n) is 7.40. The Labute approximate surface area is 181 Å². The zero-order valence-corrected chi connectivity index (χ0v) is 17.4. The Morgan fingerprint density at radius 1 is 1.16 bits per heavy atom. The molecule has 2 aromatic carbocycles. The number of amides is 1. The van der Waals surface area contributed by atoms with E-state index in [1.54, 1.807) is 41.0 Å². The summed E-state index contributed by atoms with van der Waals surface area (Å²) in [6.07, 6.45) is 1.49. The molecule has 10 heteroatoms. The molecule has 1 aliphatic rings. The van der Waals surface area contributed by atoms with Gasteiger partial charge in [0.25, 0.3) is 11.8 Å². The van der Waals surface area contributed by atoms with Gasteiger partial charge in [-0.2, -0.15) is 4.68 Å². The summed E-state index contributed by atoms with van der Waals surface area (Å²) in [4.78, 5) is 39.0. The molecule has 0 saturated carbocycles. The Morgan fingerprint density at radius 3 is 2.69 bits per heavy atom. The van der Waals surface area contributed by atoms with Crippen molar-refractivity contribution in [3.63, 3.8) is 0 Å². The summed E-state index contributed by atoms with van der Waals surface area (Å²) in [6, 6.07) is 9.40. The zero-order chi connectivity index (χ0) is 22.4. The standard InChI is InChI=1S/C22H19N5O5/c1-3-26-10-14(20(28)13-8-18-19(9-17(13)26)32-11-31-18)21(29)23-12(2)22(30)27-16-7-5-4-6-15(16)24-25-27/h4-10,12H,3,11H2,1-2H3,(H,23,29)/t12-/m0/s1. The maximum absolute atomic E-state index is 13.1. The SMILES string of the molecule is CCn1cc(C(=O)N[C@@H](C)C(=O)n2nnc3ccccc32)c(=O)c2cc3c(cc21)OCO3. The van der Waals surface area contributed by atoms with Crippen molar-refractivity contribution in [3.05, 3.63) is 58.4 Å². The van der Waals surface area contributed by atoms with Gasteiger partial charge in [-0.3, -0.25) is 14.4 Å². The van der Waals surface area contributed by atoms with Crippen LogP contribution in [0.25, 0.3) is 21.9 Å². The van der Waals surface area contributed by atoms with Crippen molar-refractivity contribution in [1.82, 2.24) is 24.9 Å². The maximum Gasteiger partial charge on any atom is 0.271 e. The van der Waals surface area contributed by atoms with Crippen molar-refractivity contribution >= 4 is 33.8 Å². The number of hydrogen-bond donors (Lipinski definition) is 1. The fourth-order valence-corrected chi connectivity index (χ4v) is 3.75. The summed E-state index contributed by atoms with van der Waals surface area (Å²) in [5.41, 5.74) is 1.22. The van der Waals surface area contributed by atoms with Crippen LogP contribution in [0.5, 0.6) is 11.5 Å². The number of carbonyl (C=O) groups excluding carboxylic acids is 2. The second kappa shape index (κ2) is 7.49. The lowest BCUT2D eigenvalue weighted by Crippen LogP contribution is -2.43. The predicted molar refractivity (Wildman–Crippen MR) is 115 cm³/mol. The zero-order valence-electron chi connectivity index (χ0n) is 17.4. The molecular weight excluding hydrogens is 414 g/mol. The van der Waals surface area contributed by atoms with Gasteiger partial charge < -0.3 is 19.4 Å². The molecule has 162 valence electrons. The van der Waals surface area contributed by atoms with E-state index in [0.29, 0.717) is 40.0 Å². The molecule has 10 nitrogen and oxygen atoms in total. The number of pyridine rings is 1. The number of aromatic nitrogens is 4. The summed E-state index contributed by atoms with van der Waals surface area (Å²) < 4.78 is 13.7. The maximum atomic E-state index is 13.1. The van der Waals surface area contributed by atoms with Gasteiger partial charge in [0.1, 0.15) is 17.1 Å². The first kappa shape index (κ1) is 19.7. The van der Waals surface area contributed by atoms with E-state index in [0.717, 1.165) is 4.68 Å². The van der Waals surface area contributed by atoms with E-state index in [1.807, 2.05) is 6.92 Å². The second-order valence-corrected chi connectivity index (χ2v) is 7.40. The van der Waals surface area contributed by atoms with E-state index in [-0.39, 0.29) is 12.4 Å². The Morgan fingerprint density at radius 2 is 1.91 bits per heavy atom. The third-order valence-corrected chi connectivity index (χ3v) is 5.44. The molecule has 0 radical (unpaired) electrons. The van der Waals surface area contributed by atoms with Gasteiger partial charge in [-0.15, -0.1) is 5.10 Å². The number of fused-ring (bicyclic) bond motifs is 3. The van der Waals surface area contributed by atoms with Crippen molar-refractivity contribution < 1.29 is 19.1 Å². The number of para-hydroxylation sites is 1. The van der Waals surface area contributed by atoms with Gasteiger partial charge in [-0.1, -0.05) is 17.3 Å². The lowest BCUT2D eigenvalue weighted by Gasteiger charge is -2.15. The fraction of sp³-hybridized carbons (Fsp3) is 0.227. The number of benzene rings is 2. The van der Waals surface area contributed by atoms with Crippen molar-refractivity contribution in [2.24, 2.45) is 0 Å². The molecule has 2 aromatic heterocycles. The monoisotopic (exact) mass is 433 g/mol. The number of ether oxygens (including phenoxy) is 2. The van der Waals surface area contributed by atoms with Crippen molar-refractivity contribution in [2.75, 3.05) is 6.79 Å². The van der Waals surface area contributed by atoms with Crippen LogP contribution in [0.4, 0.5) is 0 Å². The van der Waals surface area contributed by atoms with Crippen molar-refractivity contribution in [3.8, 4) is 11.5 Å². The van der Waals surface area contributed by atoms with Gasteiger partial charge in [0, 0.05) is 18.8 Å². The summed E-state index contributed by atoms with van der Waals surface area (Å²) in [5.74, 6) is -0.110. The minimum absolute atomic E-state index is 0.0682. The highest BCUT2D eigenvalue weighted by Gasteiger charge is 2.24. The van der Waals surface area contributed by atoms with Crippen LogP contribution in [0.15, 0.2) is 47.4 Å². The van der Waals surface area contributed by atoms with Gasteiger partial charge in [-0.25, -0.2) is 0 Å². The van der Waals surface area contributed by atoms with Gasteiger partial charge >= 0.3 is 0 Å². The number of hydrogen-bond acceptors (Lipinski definition) is 7. The summed E-state index contributed by atoms with van der Waals surface area (Å²) in [6.45, 7) is 4.04. The molecule has 32 heavy (non-hydrogen) atoms. The van der Waals surface area contributed by atoms with E-state index >= 15 is 0 Å². The number of rotatable bonds is 4. The average molecular weight is 433 g/mol. The minimum Gasteiger partial charge on any atom is -0.454 e. The molecule has 0 unspecified atom stereocenters. The smallest absolute Gasteiger partial charge is 0.271 e. The highest BCUT2D eigenvalue weighted by Crippen LogP contribution is 2.35. The van der Waals surface area contributed by atoms with E-state index in [4.69, 9.17) is 9.47 Å². The summed E-state index contributed by atoms with van der Waals surface area (Å²) >= 11 is 0. The van der Waals surface area contributed by atoms with Crippen LogP contribution in [0.3, 0.4) is 0 Å². The van der Waals surface area contributed by atoms with E-state index in [9.17, 15) is 14.4 Å². The molecule has 0 bridgehead atoms. The Kier molecular flexibility index (Phi) is 4.62. The number of aryl methyl sites for hydroxylation is 1. The summed E-state index contributed by atoms with van der Waals surface area (Å²) in [7, 11) is 0. The molecule has 5 rings (SSSR count). The highest BCUT2D eigenvalue weighted by molar-refractivity contribution is 6.01. The number of nitrogens with zero attached hydrogens (tertiary/aromatic N) is 4. The largest absolute Gasteiger partial charge is 0.454 e. The highest BCUT2D eigenvalue weighted by atomic mass is 16.7. The third-order valence-electron chi connectivity index (χ3n) is 5.44. The van der Waals surface area contributed by atoms with Gasteiger partial charge in [0.15, 0.2) is 11.5 Å². The Bertz CT molecular complexity index is 1450. The van der Waals surface area contributed by atoms with Crippen LogP contribution >= 0.6 is 0 Å². The molecule has 3 heterocycles. The van der Waals surface area contributed by atoms with Crippen molar-refractivity contribution in [1.29, 1.82) is 0 Å². The van der Waals surface area contributed by atoms with E-state index in [2.05, 4.69) is 15.6 Å². The van der Waals surface area contributed by atoms with Crippen LogP contribution in [0, 0.1) is 0 Å². The van der Waals surface area contributed by atoms with E-state index < -0.39 is 23.3 Å². The first-order valence-corrected chi connectivity index (χ1v) is 10.1. The van der Waals surface area contributed by atoms with Crippen LogP contribution in [-0.4, -0.2) is 44.2 Å². The minimum atomic E-state index is -0.936. The quantitative estimate of drug-likeness (QED) is 0.523. The molecule has 1 N–H and O–H groups in total. The molecule has 1 amide bonds. The lowest BCUT2D eigenvalue weighted by atomic mass is 10.1. The molecule has 0 saturated heterocycles. The van der Waals surface area contributed by atoms with Crippen LogP contribution < -0.4 is 20.2 Å². The predicted octanol–water partition coefficient (Wildman–Crippen LogP) is 1.95. The van der Waals surface area contributed by atoms with Crippen molar-refractivity contribution in [2.45, 2.75) is 26.4 Å². The lowest BCUT2D eigenvalue weighted by molar-refractivity contribution is 0.0804. The summed E-state index contributed by atoms with van der Waals surface area (Å²) in [5, 5.41) is 10.8. The molecule has 0 aliphatic carbocycles. The normalized spacial score (nSPS) is 13.4. The molecule has 1 aliphatic heterocycles. The van der Waals surface area contributed by atoms with Gasteiger partial charge in [0.2, 0.25) is 12.2 Å². The topological polar surface area (TPSA) is 117 Å². The van der Waals surface area contributed by atoms with Crippen LogP contribution in [0.2, 0.25) is 0 Å². The van der Waals surface area contributed by atoms with Crippen LogP contribution in [-0.2, 0) is 6.54 Å². The average Bonchev–Trinajstić information content (AvgIpc) is 3.44. The molecule has 0 spiro atoms. The molecule has 1 atom stereocenters. The van der Waals surface area contributed by atoms with E-state index in [1.165, 1.54) is 13.1 Å². The molecular formula is C22H19N5O5. The first-order chi connectivity index (χ1) is 15.5. The van der Waals surface area contributed by atoms with Crippen LogP contribution in [0.1, 0.15) is 29.0 Å². The fourth-order valence-electron chi connectivity index (χ4n) is 3.75. The first-order valence-electron chi connectivity index (χ1n) is 10.1. The van der Waals surface area contributed by atoms with Gasteiger partial charge in [-0.05, 0) is 32.0 Å². The Hall–Kier alpha value is -4.21. The van der Waals surface area contributed by atoms with Gasteiger partial charge in [0.05, 0.1) is 16.4 Å². The molecule has 0 fully saturated rings. The Balaban J connectivity index is 1.48. The number of carbonyl (C=O) groups is 2. The third kappa shape index (κ3) is 3.08. The number of nitrogens with one attached hydrogen (secondary N) is 1. The molecule has 4 aromatic rings.